The molecule has 0 fully saturated rings. The van der Waals surface area contributed by atoms with E-state index in [1.165, 1.54) is 19.2 Å². The van der Waals surface area contributed by atoms with Crippen LogP contribution in [-0.2, 0) is 4.74 Å². The Morgan fingerprint density at radius 1 is 1.24 bits per heavy atom. The Balaban J connectivity index is 2.04. The van der Waals surface area contributed by atoms with Crippen LogP contribution in [-0.4, -0.2) is 19.6 Å². The van der Waals surface area contributed by atoms with Crippen LogP contribution in [0.25, 0.3) is 0 Å². The predicted molar refractivity (Wildman–Crippen MR) is 79.7 cm³/mol. The van der Waals surface area contributed by atoms with E-state index in [4.69, 9.17) is 4.74 Å². The van der Waals surface area contributed by atoms with Crippen molar-refractivity contribution in [3.8, 4) is 0 Å². The van der Waals surface area contributed by atoms with Gasteiger partial charge in [-0.1, -0.05) is 30.3 Å². The first-order valence-corrected chi connectivity index (χ1v) is 6.74. The number of nitrogens with one attached hydrogen (secondary N) is 1. The number of ether oxygens (including phenoxy) is 1. The summed E-state index contributed by atoms with van der Waals surface area (Å²) in [7, 11) is 1.54. The molecule has 0 saturated carbocycles. The average Bonchev–Trinajstić information content (AvgIpc) is 2.48. The van der Waals surface area contributed by atoms with Gasteiger partial charge in [0, 0.05) is 19.2 Å². The van der Waals surface area contributed by atoms with Crippen molar-refractivity contribution in [2.45, 2.75) is 13.0 Å². The van der Waals surface area contributed by atoms with Gasteiger partial charge in [0.1, 0.15) is 5.82 Å². The zero-order valence-corrected chi connectivity index (χ0v) is 12.1. The number of carbonyl (C=O) groups is 1. The highest BCUT2D eigenvalue weighted by Crippen LogP contribution is 2.17. The third kappa shape index (κ3) is 3.89. The van der Waals surface area contributed by atoms with Gasteiger partial charge in [-0.05, 0) is 36.2 Å². The Hall–Kier alpha value is -2.20. The molecule has 1 unspecified atom stereocenters. The zero-order valence-electron chi connectivity index (χ0n) is 12.1. The zero-order chi connectivity index (χ0) is 15.2. The largest absolute Gasteiger partial charge is 0.375 e. The van der Waals surface area contributed by atoms with Crippen molar-refractivity contribution in [2.24, 2.45) is 0 Å². The van der Waals surface area contributed by atoms with Crippen molar-refractivity contribution in [1.82, 2.24) is 5.32 Å². The SMILES string of the molecule is COC(CNC(=O)c1ccccc1C)c1cccc(F)c1. The molecule has 1 amide bonds. The summed E-state index contributed by atoms with van der Waals surface area (Å²) in [4.78, 5) is 12.1. The molecule has 2 aromatic rings. The van der Waals surface area contributed by atoms with E-state index in [9.17, 15) is 9.18 Å². The number of hydrogen-bond acceptors (Lipinski definition) is 2. The second-order valence-corrected chi connectivity index (χ2v) is 4.80. The van der Waals surface area contributed by atoms with Crippen molar-refractivity contribution < 1.29 is 13.9 Å². The first-order valence-electron chi connectivity index (χ1n) is 6.74. The predicted octanol–water partition coefficient (Wildman–Crippen LogP) is 3.25. The van der Waals surface area contributed by atoms with Gasteiger partial charge in [-0.15, -0.1) is 0 Å². The van der Waals surface area contributed by atoms with E-state index >= 15 is 0 Å². The van der Waals surface area contributed by atoms with Gasteiger partial charge in [-0.2, -0.15) is 0 Å². The minimum absolute atomic E-state index is 0.161. The van der Waals surface area contributed by atoms with Gasteiger partial charge in [-0.3, -0.25) is 4.79 Å². The van der Waals surface area contributed by atoms with E-state index < -0.39 is 0 Å². The Bertz CT molecular complexity index is 628. The molecular formula is C17H18FNO2. The third-order valence-corrected chi connectivity index (χ3v) is 3.34. The Kier molecular flexibility index (Phi) is 5.06. The molecule has 3 nitrogen and oxygen atoms in total. The molecule has 0 heterocycles. The summed E-state index contributed by atoms with van der Waals surface area (Å²) < 4.78 is 18.6. The van der Waals surface area contributed by atoms with Crippen LogP contribution in [0, 0.1) is 12.7 Å². The average molecular weight is 287 g/mol. The van der Waals surface area contributed by atoms with E-state index in [0.717, 1.165) is 5.56 Å². The molecule has 4 heteroatoms. The first kappa shape index (κ1) is 15.2. The van der Waals surface area contributed by atoms with Crippen molar-refractivity contribution in [2.75, 3.05) is 13.7 Å². The number of hydrogen-bond donors (Lipinski definition) is 1. The quantitative estimate of drug-likeness (QED) is 0.916. The van der Waals surface area contributed by atoms with Gasteiger partial charge in [-0.25, -0.2) is 4.39 Å². The summed E-state index contributed by atoms with van der Waals surface area (Å²) in [6, 6.07) is 13.6. The first-order chi connectivity index (χ1) is 10.1. The summed E-state index contributed by atoms with van der Waals surface area (Å²) >= 11 is 0. The molecule has 1 atom stereocenters. The number of methoxy groups -OCH3 is 1. The number of aryl methyl sites for hydroxylation is 1. The fourth-order valence-corrected chi connectivity index (χ4v) is 2.15. The van der Waals surface area contributed by atoms with Crippen LogP contribution < -0.4 is 5.32 Å². The lowest BCUT2D eigenvalue weighted by molar-refractivity contribution is 0.0826. The summed E-state index contributed by atoms with van der Waals surface area (Å²) in [5, 5.41) is 2.82. The van der Waals surface area contributed by atoms with Crippen molar-refractivity contribution >= 4 is 5.91 Å². The summed E-state index contributed by atoms with van der Waals surface area (Å²) in [5.74, 6) is -0.480. The number of benzene rings is 2. The molecule has 0 radical (unpaired) electrons. The minimum atomic E-state index is -0.381. The van der Waals surface area contributed by atoms with E-state index in [1.54, 1.807) is 18.2 Å². The number of rotatable bonds is 5. The van der Waals surface area contributed by atoms with Crippen molar-refractivity contribution in [3.63, 3.8) is 0 Å². The third-order valence-electron chi connectivity index (χ3n) is 3.34. The Labute approximate surface area is 123 Å². The normalized spacial score (nSPS) is 12.0. The molecule has 2 aromatic carbocycles. The fraction of sp³-hybridized carbons (Fsp3) is 0.235. The maximum Gasteiger partial charge on any atom is 0.251 e. The lowest BCUT2D eigenvalue weighted by Gasteiger charge is -2.17. The highest BCUT2D eigenvalue weighted by Gasteiger charge is 2.14. The van der Waals surface area contributed by atoms with Gasteiger partial charge in [0.2, 0.25) is 0 Å². The Morgan fingerprint density at radius 2 is 2.00 bits per heavy atom. The summed E-state index contributed by atoms with van der Waals surface area (Å²) in [6.45, 7) is 2.17. The van der Waals surface area contributed by atoms with Crippen molar-refractivity contribution in [3.05, 3.63) is 71.0 Å². The second-order valence-electron chi connectivity index (χ2n) is 4.80. The molecule has 0 saturated heterocycles. The fourth-order valence-electron chi connectivity index (χ4n) is 2.15. The lowest BCUT2D eigenvalue weighted by atomic mass is 10.1. The van der Waals surface area contributed by atoms with Crippen LogP contribution >= 0.6 is 0 Å². The number of halogens is 1. The molecule has 0 spiro atoms. The molecule has 110 valence electrons. The molecule has 0 aliphatic rings. The van der Waals surface area contributed by atoms with Gasteiger partial charge < -0.3 is 10.1 Å². The molecule has 1 N–H and O–H groups in total. The van der Waals surface area contributed by atoms with Gasteiger partial charge >= 0.3 is 0 Å². The lowest BCUT2D eigenvalue weighted by Crippen LogP contribution is -2.29. The van der Waals surface area contributed by atoms with Crippen LogP contribution in [0.5, 0.6) is 0 Å². The van der Waals surface area contributed by atoms with Crippen LogP contribution in [0.4, 0.5) is 4.39 Å². The monoisotopic (exact) mass is 287 g/mol. The highest BCUT2D eigenvalue weighted by molar-refractivity contribution is 5.95. The maximum absolute atomic E-state index is 13.2. The molecule has 0 bridgehead atoms. The smallest absolute Gasteiger partial charge is 0.251 e. The van der Waals surface area contributed by atoms with Crippen LogP contribution in [0.2, 0.25) is 0 Å². The standard InChI is InChI=1S/C17H18FNO2/c1-12-6-3-4-9-15(12)17(20)19-11-16(21-2)13-7-5-8-14(18)10-13/h3-10,16H,11H2,1-2H3,(H,19,20). The molecule has 0 aromatic heterocycles. The molecule has 2 rings (SSSR count). The highest BCUT2D eigenvalue weighted by atomic mass is 19.1. The molecule has 21 heavy (non-hydrogen) atoms. The maximum atomic E-state index is 13.2. The van der Waals surface area contributed by atoms with Crippen LogP contribution in [0.15, 0.2) is 48.5 Å². The Morgan fingerprint density at radius 3 is 2.67 bits per heavy atom. The minimum Gasteiger partial charge on any atom is -0.375 e. The second kappa shape index (κ2) is 6.99. The van der Waals surface area contributed by atoms with Crippen molar-refractivity contribution in [1.29, 1.82) is 0 Å². The van der Waals surface area contributed by atoms with E-state index in [2.05, 4.69) is 5.32 Å². The topological polar surface area (TPSA) is 38.3 Å². The van der Waals surface area contributed by atoms with Gasteiger partial charge in [0.05, 0.1) is 6.10 Å². The van der Waals surface area contributed by atoms with E-state index in [-0.39, 0.29) is 24.4 Å². The number of carbonyl (C=O) groups excluding carboxylic acids is 1. The van der Waals surface area contributed by atoms with Crippen LogP contribution in [0.1, 0.15) is 27.6 Å². The number of amides is 1. The van der Waals surface area contributed by atoms with E-state index in [0.29, 0.717) is 11.1 Å². The van der Waals surface area contributed by atoms with E-state index in [1.807, 2.05) is 25.1 Å². The molecule has 0 aliphatic heterocycles. The van der Waals surface area contributed by atoms with Gasteiger partial charge in [0.15, 0.2) is 0 Å². The molecule has 0 aliphatic carbocycles. The summed E-state index contributed by atoms with van der Waals surface area (Å²) in [6.07, 6.45) is -0.381. The van der Waals surface area contributed by atoms with Crippen LogP contribution in [0.3, 0.4) is 0 Å². The van der Waals surface area contributed by atoms with Gasteiger partial charge in [0.25, 0.3) is 5.91 Å². The summed E-state index contributed by atoms with van der Waals surface area (Å²) in [5.41, 5.74) is 2.24. The molecular weight excluding hydrogens is 269 g/mol.